The molecular formula is C10H6Cl2FN3. The van der Waals surface area contributed by atoms with E-state index in [0.29, 0.717) is 11.3 Å². The van der Waals surface area contributed by atoms with E-state index in [1.54, 1.807) is 18.3 Å². The van der Waals surface area contributed by atoms with Crippen molar-refractivity contribution < 1.29 is 4.39 Å². The molecule has 0 aliphatic heterocycles. The largest absolute Gasteiger partial charge is 0.278 e. The molecule has 0 bridgehead atoms. The van der Waals surface area contributed by atoms with E-state index in [0.717, 1.165) is 0 Å². The summed E-state index contributed by atoms with van der Waals surface area (Å²) in [4.78, 5) is 0. The van der Waals surface area contributed by atoms with Gasteiger partial charge in [0.25, 0.3) is 0 Å². The molecule has 1 aromatic carbocycles. The highest BCUT2D eigenvalue weighted by atomic mass is 35.5. The second-order valence-electron chi connectivity index (χ2n) is 2.90. The highest BCUT2D eigenvalue weighted by Gasteiger charge is 2.10. The maximum absolute atomic E-state index is 13.4. The molecule has 0 aliphatic carbocycles. The van der Waals surface area contributed by atoms with Crippen molar-refractivity contribution in [2.45, 2.75) is 0 Å². The Balaban J connectivity index is 0.00000128. The van der Waals surface area contributed by atoms with Crippen LogP contribution in [0.15, 0.2) is 24.4 Å². The number of rotatable bonds is 1. The third kappa shape index (κ3) is 2.16. The maximum atomic E-state index is 13.4. The molecule has 0 spiro atoms. The van der Waals surface area contributed by atoms with Crippen LogP contribution in [0.4, 0.5) is 4.39 Å². The van der Waals surface area contributed by atoms with Crippen LogP contribution < -0.4 is 0 Å². The number of aromatic nitrogens is 2. The lowest BCUT2D eigenvalue weighted by Gasteiger charge is -2.01. The second-order valence-corrected chi connectivity index (χ2v) is 3.30. The van der Waals surface area contributed by atoms with Crippen LogP contribution in [0.5, 0.6) is 0 Å². The predicted molar refractivity (Wildman–Crippen MR) is 61.0 cm³/mol. The third-order valence-electron chi connectivity index (χ3n) is 1.97. The number of nitrogens with zero attached hydrogens (tertiary/aromatic N) is 2. The third-order valence-corrected chi connectivity index (χ3v) is 2.26. The fourth-order valence-corrected chi connectivity index (χ4v) is 1.50. The summed E-state index contributed by atoms with van der Waals surface area (Å²) in [5.74, 6) is -0.630. The molecule has 0 saturated carbocycles. The molecule has 1 heterocycles. The molecule has 0 radical (unpaired) electrons. The summed E-state index contributed by atoms with van der Waals surface area (Å²) in [5, 5.41) is 15.2. The van der Waals surface area contributed by atoms with Gasteiger partial charge in [-0.3, -0.25) is 5.10 Å². The summed E-state index contributed by atoms with van der Waals surface area (Å²) in [7, 11) is 0. The van der Waals surface area contributed by atoms with Crippen LogP contribution in [0, 0.1) is 17.1 Å². The molecule has 82 valence electrons. The highest BCUT2D eigenvalue weighted by Crippen LogP contribution is 2.26. The molecule has 0 saturated heterocycles. The fraction of sp³-hybridized carbons (Fsp3) is 0. The predicted octanol–water partition coefficient (Wildman–Crippen LogP) is 3.16. The van der Waals surface area contributed by atoms with E-state index in [1.165, 1.54) is 12.1 Å². The van der Waals surface area contributed by atoms with Crippen molar-refractivity contribution >= 4 is 24.0 Å². The molecule has 2 rings (SSSR count). The summed E-state index contributed by atoms with van der Waals surface area (Å²) in [6.07, 6.45) is 1.55. The molecule has 0 unspecified atom stereocenters. The Labute approximate surface area is 102 Å². The summed E-state index contributed by atoms with van der Waals surface area (Å²) in [5.41, 5.74) is 1.08. The zero-order valence-electron chi connectivity index (χ0n) is 7.87. The van der Waals surface area contributed by atoms with Gasteiger partial charge in [0.05, 0.1) is 10.7 Å². The number of nitrogens with one attached hydrogen (secondary N) is 1. The normalized spacial score (nSPS) is 9.31. The van der Waals surface area contributed by atoms with Crippen molar-refractivity contribution in [2.75, 3.05) is 0 Å². The SMILES string of the molecule is Cl.N#Cc1c(F)cc(-c2ccn[nH]2)cc1Cl. The molecule has 2 aromatic rings. The van der Waals surface area contributed by atoms with Gasteiger partial charge in [-0.05, 0) is 18.2 Å². The molecule has 0 aliphatic rings. The van der Waals surface area contributed by atoms with E-state index in [9.17, 15) is 4.39 Å². The average Bonchev–Trinajstić information content (AvgIpc) is 2.69. The van der Waals surface area contributed by atoms with Crippen molar-refractivity contribution in [3.05, 3.63) is 40.8 Å². The van der Waals surface area contributed by atoms with Crippen LogP contribution in [0.2, 0.25) is 5.02 Å². The van der Waals surface area contributed by atoms with Crippen molar-refractivity contribution in [3.8, 4) is 17.3 Å². The first-order valence-corrected chi connectivity index (χ1v) is 4.49. The van der Waals surface area contributed by atoms with Crippen molar-refractivity contribution in [1.29, 1.82) is 5.26 Å². The van der Waals surface area contributed by atoms with E-state index < -0.39 is 5.82 Å². The smallest absolute Gasteiger partial charge is 0.143 e. The number of aromatic amines is 1. The zero-order valence-corrected chi connectivity index (χ0v) is 9.44. The molecule has 1 aromatic heterocycles. The minimum Gasteiger partial charge on any atom is -0.278 e. The minimum absolute atomic E-state index is 0. The Morgan fingerprint density at radius 3 is 2.69 bits per heavy atom. The lowest BCUT2D eigenvalue weighted by molar-refractivity contribution is 0.624. The Morgan fingerprint density at radius 1 is 1.44 bits per heavy atom. The molecular weight excluding hydrogens is 252 g/mol. The number of nitriles is 1. The summed E-state index contributed by atoms with van der Waals surface area (Å²) in [6, 6.07) is 6.17. The number of hydrogen-bond acceptors (Lipinski definition) is 2. The summed E-state index contributed by atoms with van der Waals surface area (Å²) >= 11 is 5.75. The van der Waals surface area contributed by atoms with Gasteiger partial charge >= 0.3 is 0 Å². The monoisotopic (exact) mass is 257 g/mol. The first-order valence-electron chi connectivity index (χ1n) is 4.11. The Bertz CT molecular complexity index is 508. The minimum atomic E-state index is -0.630. The van der Waals surface area contributed by atoms with Gasteiger partial charge in [0.2, 0.25) is 0 Å². The van der Waals surface area contributed by atoms with E-state index in [-0.39, 0.29) is 23.0 Å². The van der Waals surface area contributed by atoms with Crippen molar-refractivity contribution in [2.24, 2.45) is 0 Å². The first-order chi connectivity index (χ1) is 7.22. The molecule has 1 N–H and O–H groups in total. The van der Waals surface area contributed by atoms with Gasteiger partial charge in [-0.1, -0.05) is 11.6 Å². The summed E-state index contributed by atoms with van der Waals surface area (Å²) in [6.45, 7) is 0. The average molecular weight is 258 g/mol. The zero-order chi connectivity index (χ0) is 10.8. The van der Waals surface area contributed by atoms with Gasteiger partial charge in [-0.25, -0.2) is 4.39 Å². The van der Waals surface area contributed by atoms with Crippen LogP contribution in [0.3, 0.4) is 0 Å². The lowest BCUT2D eigenvalue weighted by Crippen LogP contribution is -1.88. The Morgan fingerprint density at radius 2 is 2.19 bits per heavy atom. The molecule has 0 fully saturated rings. The van der Waals surface area contributed by atoms with Gasteiger partial charge in [0, 0.05) is 11.8 Å². The van der Waals surface area contributed by atoms with Crippen LogP contribution in [-0.2, 0) is 0 Å². The molecule has 0 amide bonds. The molecule has 0 atom stereocenters. The molecule has 16 heavy (non-hydrogen) atoms. The van der Waals surface area contributed by atoms with Crippen molar-refractivity contribution in [3.63, 3.8) is 0 Å². The van der Waals surface area contributed by atoms with E-state index in [1.807, 2.05) is 0 Å². The lowest BCUT2D eigenvalue weighted by atomic mass is 10.1. The quantitative estimate of drug-likeness (QED) is 0.854. The maximum Gasteiger partial charge on any atom is 0.143 e. The number of halogens is 3. The van der Waals surface area contributed by atoms with Crippen LogP contribution in [0.1, 0.15) is 5.56 Å². The van der Waals surface area contributed by atoms with Gasteiger partial charge in [-0.15, -0.1) is 12.4 Å². The highest BCUT2D eigenvalue weighted by molar-refractivity contribution is 6.32. The second kappa shape index (κ2) is 4.97. The topological polar surface area (TPSA) is 52.5 Å². The van der Waals surface area contributed by atoms with E-state index in [2.05, 4.69) is 10.2 Å². The molecule has 3 nitrogen and oxygen atoms in total. The van der Waals surface area contributed by atoms with E-state index >= 15 is 0 Å². The van der Waals surface area contributed by atoms with Gasteiger partial charge in [-0.2, -0.15) is 10.4 Å². The van der Waals surface area contributed by atoms with Gasteiger partial charge < -0.3 is 0 Å². The fourth-order valence-electron chi connectivity index (χ4n) is 1.25. The van der Waals surface area contributed by atoms with Crippen LogP contribution in [-0.4, -0.2) is 10.2 Å². The number of H-pyrrole nitrogens is 1. The van der Waals surface area contributed by atoms with Gasteiger partial charge in [0.15, 0.2) is 0 Å². The van der Waals surface area contributed by atoms with Crippen LogP contribution >= 0.6 is 24.0 Å². The summed E-state index contributed by atoms with van der Waals surface area (Å²) < 4.78 is 13.4. The Kier molecular flexibility index (Phi) is 3.88. The number of hydrogen-bond donors (Lipinski definition) is 1. The number of benzene rings is 1. The van der Waals surface area contributed by atoms with E-state index in [4.69, 9.17) is 16.9 Å². The first kappa shape index (κ1) is 12.5. The molecule has 6 heteroatoms. The van der Waals surface area contributed by atoms with Crippen molar-refractivity contribution in [1.82, 2.24) is 10.2 Å². The van der Waals surface area contributed by atoms with Gasteiger partial charge in [0.1, 0.15) is 17.4 Å². The Hall–Kier alpha value is -1.57. The standard InChI is InChI=1S/C10H5ClFN3.ClH/c11-8-3-6(10-1-2-14-15-10)4-9(12)7(8)5-13;/h1-4H,(H,14,15);1H. The van der Waals surface area contributed by atoms with Crippen LogP contribution in [0.25, 0.3) is 11.3 Å².